The van der Waals surface area contributed by atoms with Crippen LogP contribution in [-0.4, -0.2) is 13.5 Å². The molecule has 0 saturated heterocycles. The minimum Gasteiger partial charge on any atom is -0.454 e. The summed E-state index contributed by atoms with van der Waals surface area (Å²) in [5.41, 5.74) is 22.1. The van der Waals surface area contributed by atoms with Crippen molar-refractivity contribution in [3.8, 4) is 33.8 Å². The maximum Gasteiger partial charge on any atom is 0.252 e. The molecule has 3 heterocycles. The quantitative estimate of drug-likeness (QED) is 0.165. The first kappa shape index (κ1) is 42.7. The normalized spacial score (nSPS) is 14.3. The Hall–Kier alpha value is -6.20. The molecule has 4 nitrogen and oxygen atoms in total. The van der Waals surface area contributed by atoms with Crippen molar-refractivity contribution in [3.63, 3.8) is 0 Å². The number of benzene rings is 7. The molecule has 3 aliphatic heterocycles. The number of nitrogens with zero attached hydrogens (tertiary/aromatic N) is 2. The van der Waals surface area contributed by atoms with Gasteiger partial charge >= 0.3 is 0 Å². The van der Waals surface area contributed by atoms with E-state index >= 15 is 0 Å². The van der Waals surface area contributed by atoms with Crippen LogP contribution in [0.3, 0.4) is 0 Å². The Bertz CT molecular complexity index is 2920. The van der Waals surface area contributed by atoms with E-state index in [-0.39, 0.29) is 35.2 Å². The molecule has 7 aromatic rings. The molecule has 328 valence electrons. The second-order valence-electron chi connectivity index (χ2n) is 22.8. The third-order valence-corrected chi connectivity index (χ3v) is 13.9. The Balaban J connectivity index is 1.26. The summed E-state index contributed by atoms with van der Waals surface area (Å²) in [5, 5.41) is 0. The topological polar surface area (TPSA) is 24.9 Å². The molecule has 0 N–H and O–H groups in total. The predicted octanol–water partition coefficient (Wildman–Crippen LogP) is 14.3. The van der Waals surface area contributed by atoms with E-state index in [1.807, 2.05) is 0 Å². The van der Waals surface area contributed by atoms with Crippen molar-refractivity contribution in [2.45, 2.75) is 112 Å². The number of ether oxygens (including phenoxy) is 2. The summed E-state index contributed by atoms with van der Waals surface area (Å²) in [4.78, 5) is 5.03. The lowest BCUT2D eigenvalue weighted by atomic mass is 9.33. The highest BCUT2D eigenvalue weighted by Gasteiger charge is 2.45. The van der Waals surface area contributed by atoms with Gasteiger partial charge in [0.1, 0.15) is 0 Å². The number of fused-ring (bicyclic) bond motifs is 5. The van der Waals surface area contributed by atoms with Gasteiger partial charge < -0.3 is 19.3 Å². The van der Waals surface area contributed by atoms with Crippen LogP contribution < -0.4 is 35.7 Å². The molecule has 0 unspecified atom stereocenters. The first-order valence-electron chi connectivity index (χ1n) is 23.4. The van der Waals surface area contributed by atoms with Crippen LogP contribution in [0.15, 0.2) is 133 Å². The summed E-state index contributed by atoms with van der Waals surface area (Å²) in [6.07, 6.45) is 0. The van der Waals surface area contributed by atoms with Crippen LogP contribution in [0.5, 0.6) is 11.5 Å². The third kappa shape index (κ3) is 7.51. The van der Waals surface area contributed by atoms with Gasteiger partial charge in [0.15, 0.2) is 11.5 Å². The van der Waals surface area contributed by atoms with Gasteiger partial charge in [0, 0.05) is 40.2 Å². The van der Waals surface area contributed by atoms with Crippen molar-refractivity contribution in [1.29, 1.82) is 0 Å². The highest BCUT2D eigenvalue weighted by Crippen LogP contribution is 2.49. The standard InChI is InChI=1S/C60H63BN2O2/c1-37-28-52-56-53(29-37)63(47-31-40(38-14-18-42(19-15-38)57(2,3)4)30-41(32-47)39-16-20-43(21-17-39)58(5,6)7)50-27-24-45(60(11,12)13)33-48(50)61(56)49-34-54-55(65-36-64-54)35-51(49)62(52)46-25-22-44(23-26-46)59(8,9)10/h14-35H,36H2,1-13H3. The van der Waals surface area contributed by atoms with Gasteiger partial charge in [-0.25, -0.2) is 0 Å². The lowest BCUT2D eigenvalue weighted by Crippen LogP contribution is -2.61. The molecule has 5 heteroatoms. The molecule has 65 heavy (non-hydrogen) atoms. The molecule has 0 radical (unpaired) electrons. The molecule has 10 rings (SSSR count). The predicted molar refractivity (Wildman–Crippen MR) is 277 cm³/mol. The van der Waals surface area contributed by atoms with E-state index in [1.165, 1.54) is 83.5 Å². The molecule has 0 aromatic heterocycles. The van der Waals surface area contributed by atoms with Crippen molar-refractivity contribution in [1.82, 2.24) is 0 Å². The van der Waals surface area contributed by atoms with Crippen molar-refractivity contribution >= 4 is 57.2 Å². The van der Waals surface area contributed by atoms with E-state index in [0.29, 0.717) is 0 Å². The zero-order chi connectivity index (χ0) is 46.0. The van der Waals surface area contributed by atoms with E-state index in [2.05, 4.69) is 233 Å². The molecule has 0 fully saturated rings. The fraction of sp³-hybridized carbons (Fsp3) is 0.300. The van der Waals surface area contributed by atoms with Crippen LogP contribution >= 0.6 is 0 Å². The molecular weight excluding hydrogens is 791 g/mol. The van der Waals surface area contributed by atoms with Crippen molar-refractivity contribution in [2.24, 2.45) is 0 Å². The lowest BCUT2D eigenvalue weighted by molar-refractivity contribution is 0.174. The Morgan fingerprint density at radius 2 is 0.815 bits per heavy atom. The molecule has 7 aromatic carbocycles. The maximum atomic E-state index is 6.17. The summed E-state index contributed by atoms with van der Waals surface area (Å²) in [6, 6.07) is 51.3. The van der Waals surface area contributed by atoms with Crippen LogP contribution in [0.2, 0.25) is 0 Å². The monoisotopic (exact) mass is 854 g/mol. The summed E-state index contributed by atoms with van der Waals surface area (Å²) >= 11 is 0. The fourth-order valence-electron chi connectivity index (χ4n) is 10.1. The van der Waals surface area contributed by atoms with Crippen LogP contribution in [0.25, 0.3) is 22.3 Å². The Labute approximate surface area is 388 Å². The Morgan fingerprint density at radius 1 is 0.385 bits per heavy atom. The average molecular weight is 855 g/mol. The summed E-state index contributed by atoms with van der Waals surface area (Å²) in [5.74, 6) is 1.58. The first-order valence-corrected chi connectivity index (χ1v) is 23.4. The fourth-order valence-corrected chi connectivity index (χ4v) is 10.1. The van der Waals surface area contributed by atoms with Crippen molar-refractivity contribution < 1.29 is 9.47 Å². The van der Waals surface area contributed by atoms with Crippen LogP contribution in [-0.2, 0) is 21.7 Å². The maximum absolute atomic E-state index is 6.17. The molecule has 0 bridgehead atoms. The largest absolute Gasteiger partial charge is 0.454 e. The number of hydrogen-bond donors (Lipinski definition) is 0. The number of anilines is 6. The second kappa shape index (κ2) is 14.9. The number of aryl methyl sites for hydroxylation is 1. The smallest absolute Gasteiger partial charge is 0.252 e. The summed E-state index contributed by atoms with van der Waals surface area (Å²) in [7, 11) is 0. The zero-order valence-electron chi connectivity index (χ0n) is 40.7. The number of rotatable bonds is 4. The molecule has 0 saturated carbocycles. The van der Waals surface area contributed by atoms with Gasteiger partial charge in [-0.1, -0.05) is 156 Å². The van der Waals surface area contributed by atoms with Crippen LogP contribution in [0, 0.1) is 6.92 Å². The van der Waals surface area contributed by atoms with E-state index in [9.17, 15) is 0 Å². The molecule has 0 atom stereocenters. The van der Waals surface area contributed by atoms with Gasteiger partial charge in [0.2, 0.25) is 6.79 Å². The van der Waals surface area contributed by atoms with Crippen molar-refractivity contribution in [3.05, 3.63) is 161 Å². The first-order chi connectivity index (χ1) is 30.6. The molecular formula is C60H63BN2O2. The van der Waals surface area contributed by atoms with Gasteiger partial charge in [0.25, 0.3) is 6.71 Å². The van der Waals surface area contributed by atoms with Gasteiger partial charge in [-0.15, -0.1) is 0 Å². The highest BCUT2D eigenvalue weighted by molar-refractivity contribution is 7.00. The van der Waals surface area contributed by atoms with Crippen LogP contribution in [0.4, 0.5) is 34.1 Å². The van der Waals surface area contributed by atoms with Crippen molar-refractivity contribution in [2.75, 3.05) is 16.6 Å². The summed E-state index contributed by atoms with van der Waals surface area (Å²) < 4.78 is 12.3. The zero-order valence-corrected chi connectivity index (χ0v) is 40.7. The molecule has 0 amide bonds. The minimum atomic E-state index is -0.0605. The van der Waals surface area contributed by atoms with E-state index in [0.717, 1.165) is 28.6 Å². The Morgan fingerprint density at radius 3 is 1.31 bits per heavy atom. The SMILES string of the molecule is Cc1cc2c3c(c1)N(c1ccc(C(C)(C)C)cc1)c1cc4c(cc1B3c1cc(C(C)(C)C)ccc1N2c1cc(-c2ccc(C(C)(C)C)cc2)cc(-c2ccc(C(C)(C)C)cc2)c1)OCO4. The average Bonchev–Trinajstić information content (AvgIpc) is 3.72. The molecule has 3 aliphatic rings. The second-order valence-corrected chi connectivity index (χ2v) is 22.8. The van der Waals surface area contributed by atoms with Gasteiger partial charge in [-0.3, -0.25) is 0 Å². The van der Waals surface area contributed by atoms with Crippen LogP contribution in [0.1, 0.15) is 111 Å². The van der Waals surface area contributed by atoms with Gasteiger partial charge in [0.05, 0.1) is 0 Å². The molecule has 0 spiro atoms. The highest BCUT2D eigenvalue weighted by atomic mass is 16.7. The summed E-state index contributed by atoms with van der Waals surface area (Å²) in [6.45, 7) is 29.9. The van der Waals surface area contributed by atoms with Gasteiger partial charge in [-0.05, 0) is 150 Å². The third-order valence-electron chi connectivity index (χ3n) is 13.9. The Kier molecular flexibility index (Phi) is 9.81. The van der Waals surface area contributed by atoms with E-state index in [4.69, 9.17) is 9.47 Å². The number of hydrogen-bond acceptors (Lipinski definition) is 4. The van der Waals surface area contributed by atoms with E-state index < -0.39 is 0 Å². The minimum absolute atomic E-state index is 0.0313. The molecule has 0 aliphatic carbocycles. The van der Waals surface area contributed by atoms with Gasteiger partial charge in [-0.2, -0.15) is 0 Å². The van der Waals surface area contributed by atoms with E-state index in [1.54, 1.807) is 0 Å². The lowest BCUT2D eigenvalue weighted by Gasteiger charge is -2.45.